The van der Waals surface area contributed by atoms with Gasteiger partial charge in [0.1, 0.15) is 0 Å². The molecule has 2 aromatic heterocycles. The summed E-state index contributed by atoms with van der Waals surface area (Å²) in [4.78, 5) is 3.25. The van der Waals surface area contributed by atoms with Crippen LogP contribution in [0.1, 0.15) is 11.3 Å². The van der Waals surface area contributed by atoms with E-state index in [4.69, 9.17) is 12.2 Å². The lowest BCUT2D eigenvalue weighted by molar-refractivity contribution is 0.670. The largest absolute Gasteiger partial charge is 0.331 e. The Morgan fingerprint density at radius 3 is 2.89 bits per heavy atom. The van der Waals surface area contributed by atoms with Crippen molar-refractivity contribution in [3.8, 4) is 0 Å². The molecule has 0 bridgehead atoms. The third-order valence-corrected chi connectivity index (χ3v) is 3.56. The maximum Gasteiger partial charge on any atom is 0.178 e. The maximum atomic E-state index is 5.41. The molecule has 0 aliphatic carbocycles. The minimum absolute atomic E-state index is 0.736. The average molecular weight is 258 g/mol. The molecule has 5 heteroatoms. The lowest BCUT2D eigenvalue weighted by atomic mass is 10.2. The first-order valence-corrected chi connectivity index (χ1v) is 6.22. The summed E-state index contributed by atoms with van der Waals surface area (Å²) in [6, 6.07) is 8.21. The molecule has 0 aliphatic heterocycles. The van der Waals surface area contributed by atoms with Crippen molar-refractivity contribution in [1.29, 1.82) is 0 Å². The third kappa shape index (κ3) is 1.67. The SMILES string of the molecule is Cc1cccc2[nH]c(=S)n(Cc3ccnn3C)c12. The van der Waals surface area contributed by atoms with Crippen LogP contribution in [0.15, 0.2) is 30.5 Å². The summed E-state index contributed by atoms with van der Waals surface area (Å²) in [7, 11) is 1.95. The molecule has 1 aromatic carbocycles. The van der Waals surface area contributed by atoms with E-state index >= 15 is 0 Å². The second-order valence-electron chi connectivity index (χ2n) is 4.43. The van der Waals surface area contributed by atoms with Crippen molar-refractivity contribution in [2.75, 3.05) is 0 Å². The number of benzene rings is 1. The van der Waals surface area contributed by atoms with Gasteiger partial charge in [-0.3, -0.25) is 4.68 Å². The second-order valence-corrected chi connectivity index (χ2v) is 4.82. The van der Waals surface area contributed by atoms with Crippen LogP contribution in [-0.4, -0.2) is 19.3 Å². The van der Waals surface area contributed by atoms with E-state index in [9.17, 15) is 0 Å². The highest BCUT2D eigenvalue weighted by atomic mass is 32.1. The molecule has 0 amide bonds. The number of aromatic amines is 1. The van der Waals surface area contributed by atoms with Crippen molar-refractivity contribution in [2.45, 2.75) is 13.5 Å². The Bertz CT molecular complexity index is 763. The summed E-state index contributed by atoms with van der Waals surface area (Å²) in [6.45, 7) is 2.84. The first-order chi connectivity index (χ1) is 8.66. The van der Waals surface area contributed by atoms with Gasteiger partial charge in [-0.2, -0.15) is 5.10 Å². The Balaban J connectivity index is 2.20. The predicted octanol–water partition coefficient (Wildman–Crippen LogP) is 2.79. The van der Waals surface area contributed by atoms with E-state index in [-0.39, 0.29) is 0 Å². The fourth-order valence-corrected chi connectivity index (χ4v) is 2.54. The van der Waals surface area contributed by atoms with Crippen LogP contribution in [0, 0.1) is 11.7 Å². The van der Waals surface area contributed by atoms with E-state index in [1.807, 2.05) is 23.9 Å². The zero-order valence-electron chi connectivity index (χ0n) is 10.3. The highest BCUT2D eigenvalue weighted by Gasteiger charge is 2.08. The lowest BCUT2D eigenvalue weighted by Crippen LogP contribution is -2.06. The average Bonchev–Trinajstić information content (AvgIpc) is 2.86. The highest BCUT2D eigenvalue weighted by molar-refractivity contribution is 7.71. The number of para-hydroxylation sites is 1. The second kappa shape index (κ2) is 4.10. The molecule has 0 atom stereocenters. The van der Waals surface area contributed by atoms with Crippen LogP contribution in [0.25, 0.3) is 11.0 Å². The van der Waals surface area contributed by atoms with Gasteiger partial charge in [0.05, 0.1) is 23.3 Å². The van der Waals surface area contributed by atoms with Crippen molar-refractivity contribution < 1.29 is 0 Å². The van der Waals surface area contributed by atoms with Gasteiger partial charge in [-0.25, -0.2) is 0 Å². The lowest BCUT2D eigenvalue weighted by Gasteiger charge is -2.06. The molecule has 0 unspecified atom stereocenters. The Kier molecular flexibility index (Phi) is 2.56. The molecule has 0 spiro atoms. The molecule has 2 heterocycles. The van der Waals surface area contributed by atoms with Gasteiger partial charge in [-0.1, -0.05) is 12.1 Å². The van der Waals surface area contributed by atoms with Gasteiger partial charge >= 0.3 is 0 Å². The fraction of sp³-hybridized carbons (Fsp3) is 0.231. The Morgan fingerprint density at radius 2 is 2.17 bits per heavy atom. The van der Waals surface area contributed by atoms with E-state index in [2.05, 4.69) is 33.7 Å². The Hall–Kier alpha value is -1.88. The number of nitrogens with one attached hydrogen (secondary N) is 1. The molecule has 92 valence electrons. The van der Waals surface area contributed by atoms with Crippen LogP contribution in [0.3, 0.4) is 0 Å². The van der Waals surface area contributed by atoms with Crippen molar-refractivity contribution >= 4 is 23.3 Å². The van der Waals surface area contributed by atoms with E-state index in [1.165, 1.54) is 11.1 Å². The van der Waals surface area contributed by atoms with Crippen LogP contribution in [0.4, 0.5) is 0 Å². The zero-order chi connectivity index (χ0) is 12.7. The number of hydrogen-bond acceptors (Lipinski definition) is 2. The number of H-pyrrole nitrogens is 1. The minimum Gasteiger partial charge on any atom is -0.331 e. The summed E-state index contributed by atoms with van der Waals surface area (Å²) >= 11 is 5.41. The van der Waals surface area contributed by atoms with Crippen LogP contribution < -0.4 is 0 Å². The molecule has 0 saturated heterocycles. The number of imidazole rings is 1. The number of rotatable bonds is 2. The van der Waals surface area contributed by atoms with Crippen molar-refractivity contribution in [1.82, 2.24) is 19.3 Å². The molecule has 3 aromatic rings. The smallest absolute Gasteiger partial charge is 0.178 e. The third-order valence-electron chi connectivity index (χ3n) is 3.24. The van der Waals surface area contributed by atoms with Gasteiger partial charge < -0.3 is 9.55 Å². The van der Waals surface area contributed by atoms with Gasteiger partial charge in [0.15, 0.2) is 4.77 Å². The van der Waals surface area contributed by atoms with Crippen LogP contribution >= 0.6 is 12.2 Å². The number of aryl methyl sites for hydroxylation is 2. The van der Waals surface area contributed by atoms with Crippen LogP contribution in [0.2, 0.25) is 0 Å². The van der Waals surface area contributed by atoms with Crippen LogP contribution in [-0.2, 0) is 13.6 Å². The number of nitrogens with zero attached hydrogens (tertiary/aromatic N) is 3. The summed E-state index contributed by atoms with van der Waals surface area (Å²) in [6.07, 6.45) is 1.81. The standard InChI is InChI=1S/C13H14N4S/c1-9-4-3-5-11-12(9)17(13(18)15-11)8-10-6-7-14-16(10)2/h3-7H,8H2,1-2H3,(H,15,18). The van der Waals surface area contributed by atoms with E-state index in [0.29, 0.717) is 0 Å². The number of fused-ring (bicyclic) bond motifs is 1. The molecule has 4 nitrogen and oxygen atoms in total. The first-order valence-electron chi connectivity index (χ1n) is 5.82. The molecule has 0 fully saturated rings. The molecule has 18 heavy (non-hydrogen) atoms. The van der Waals surface area contributed by atoms with Crippen molar-refractivity contribution in [3.05, 3.63) is 46.5 Å². The van der Waals surface area contributed by atoms with Crippen LogP contribution in [0.5, 0.6) is 0 Å². The molecule has 1 N–H and O–H groups in total. The summed E-state index contributed by atoms with van der Waals surface area (Å²) < 4.78 is 4.75. The van der Waals surface area contributed by atoms with Crippen molar-refractivity contribution in [3.63, 3.8) is 0 Å². The summed E-state index contributed by atoms with van der Waals surface area (Å²) in [5, 5.41) is 4.19. The molecule has 0 radical (unpaired) electrons. The molecular formula is C13H14N4S. The van der Waals surface area contributed by atoms with E-state index < -0.39 is 0 Å². The predicted molar refractivity (Wildman–Crippen MR) is 74.2 cm³/mol. The Morgan fingerprint density at radius 1 is 1.33 bits per heavy atom. The Labute approximate surface area is 110 Å². The molecule has 3 rings (SSSR count). The number of hydrogen-bond donors (Lipinski definition) is 1. The molecule has 0 aliphatic rings. The van der Waals surface area contributed by atoms with Gasteiger partial charge in [0.2, 0.25) is 0 Å². The topological polar surface area (TPSA) is 38.5 Å². The quantitative estimate of drug-likeness (QED) is 0.718. The fourth-order valence-electron chi connectivity index (χ4n) is 2.27. The summed E-state index contributed by atoms with van der Waals surface area (Å²) in [5.74, 6) is 0. The number of aromatic nitrogens is 4. The van der Waals surface area contributed by atoms with E-state index in [1.54, 1.807) is 6.20 Å². The molecular weight excluding hydrogens is 244 g/mol. The van der Waals surface area contributed by atoms with Gasteiger partial charge in [0.25, 0.3) is 0 Å². The van der Waals surface area contributed by atoms with Gasteiger partial charge in [-0.05, 0) is 36.8 Å². The zero-order valence-corrected chi connectivity index (χ0v) is 11.2. The first kappa shape index (κ1) is 11.2. The van der Waals surface area contributed by atoms with E-state index in [0.717, 1.165) is 22.5 Å². The van der Waals surface area contributed by atoms with Crippen molar-refractivity contribution in [2.24, 2.45) is 7.05 Å². The minimum atomic E-state index is 0.736. The summed E-state index contributed by atoms with van der Waals surface area (Å²) in [5.41, 5.74) is 4.61. The van der Waals surface area contributed by atoms with Gasteiger partial charge in [0, 0.05) is 13.2 Å². The monoisotopic (exact) mass is 258 g/mol. The highest BCUT2D eigenvalue weighted by Crippen LogP contribution is 2.19. The maximum absolute atomic E-state index is 5.41. The molecule has 0 saturated carbocycles. The normalized spacial score (nSPS) is 11.2. The van der Waals surface area contributed by atoms with Gasteiger partial charge in [-0.15, -0.1) is 0 Å².